The highest BCUT2D eigenvalue weighted by atomic mass is 35.5. The van der Waals surface area contributed by atoms with Crippen molar-refractivity contribution in [2.24, 2.45) is 5.84 Å². The van der Waals surface area contributed by atoms with Crippen LogP contribution < -0.4 is 16.6 Å². The molecule has 4 N–H and O–H groups in total. The Morgan fingerprint density at radius 1 is 1.16 bits per heavy atom. The van der Waals surface area contributed by atoms with Gasteiger partial charge in [-0.05, 0) is 24.3 Å². The van der Waals surface area contributed by atoms with E-state index in [-0.39, 0.29) is 5.82 Å². The summed E-state index contributed by atoms with van der Waals surface area (Å²) < 4.78 is 0. The number of hydrogen-bond donors (Lipinski definition) is 3. The van der Waals surface area contributed by atoms with E-state index in [2.05, 4.69) is 15.7 Å². The monoisotopic (exact) mass is 296 g/mol. The van der Waals surface area contributed by atoms with Crippen molar-refractivity contribution in [3.8, 4) is 0 Å². The molecule has 0 unspecified atom stereocenters. The van der Waals surface area contributed by atoms with Crippen LogP contribution in [0.4, 0.5) is 11.5 Å². The standard InChI is InChI=1S/C12H10Cl2N4O/c13-8-4-1-5-9(14)10(8)17-12(19)7-3-2-6-16-11(7)18-15/h1-6H,15H2,(H,16,18)(H,17,19). The van der Waals surface area contributed by atoms with E-state index < -0.39 is 5.91 Å². The third-order valence-corrected chi connectivity index (χ3v) is 3.02. The zero-order chi connectivity index (χ0) is 13.8. The van der Waals surface area contributed by atoms with Crippen molar-refractivity contribution in [3.05, 3.63) is 52.1 Å². The molecule has 0 aliphatic rings. The number of carbonyl (C=O) groups is 1. The molecule has 0 saturated heterocycles. The van der Waals surface area contributed by atoms with Gasteiger partial charge in [-0.15, -0.1) is 0 Å². The Kier molecular flexibility index (Phi) is 4.21. The van der Waals surface area contributed by atoms with Crippen LogP contribution in [0.15, 0.2) is 36.5 Å². The fourth-order valence-corrected chi connectivity index (χ4v) is 1.99. The first-order valence-corrected chi connectivity index (χ1v) is 6.06. The molecule has 98 valence electrons. The number of amides is 1. The molecular weight excluding hydrogens is 287 g/mol. The molecule has 1 heterocycles. The zero-order valence-electron chi connectivity index (χ0n) is 9.65. The van der Waals surface area contributed by atoms with E-state index in [9.17, 15) is 4.79 Å². The molecule has 2 rings (SSSR count). The zero-order valence-corrected chi connectivity index (χ0v) is 11.2. The first kappa shape index (κ1) is 13.6. The van der Waals surface area contributed by atoms with E-state index >= 15 is 0 Å². The Balaban J connectivity index is 2.31. The van der Waals surface area contributed by atoms with E-state index in [0.717, 1.165) is 0 Å². The highest BCUT2D eigenvalue weighted by molar-refractivity contribution is 6.40. The van der Waals surface area contributed by atoms with Gasteiger partial charge in [0.1, 0.15) is 0 Å². The maximum absolute atomic E-state index is 12.1. The average molecular weight is 297 g/mol. The molecule has 0 fully saturated rings. The number of hydrazine groups is 1. The normalized spacial score (nSPS) is 10.1. The highest BCUT2D eigenvalue weighted by Gasteiger charge is 2.14. The van der Waals surface area contributed by atoms with Gasteiger partial charge in [-0.1, -0.05) is 29.3 Å². The molecule has 1 aromatic carbocycles. The van der Waals surface area contributed by atoms with Gasteiger partial charge in [0.25, 0.3) is 5.91 Å². The fraction of sp³-hybridized carbons (Fsp3) is 0. The number of nitrogens with two attached hydrogens (primary N) is 1. The Morgan fingerprint density at radius 3 is 2.47 bits per heavy atom. The Labute approximate surface area is 119 Å². The molecule has 0 spiro atoms. The number of hydrogen-bond acceptors (Lipinski definition) is 4. The van der Waals surface area contributed by atoms with Gasteiger partial charge in [0.15, 0.2) is 5.82 Å². The SMILES string of the molecule is NNc1ncccc1C(=O)Nc1c(Cl)cccc1Cl. The molecule has 0 saturated carbocycles. The number of aromatic nitrogens is 1. The number of anilines is 2. The lowest BCUT2D eigenvalue weighted by Gasteiger charge is -2.11. The summed E-state index contributed by atoms with van der Waals surface area (Å²) in [6.45, 7) is 0. The van der Waals surface area contributed by atoms with E-state index in [1.807, 2.05) is 0 Å². The maximum Gasteiger partial charge on any atom is 0.259 e. The molecular formula is C12H10Cl2N4O. The smallest absolute Gasteiger partial charge is 0.259 e. The van der Waals surface area contributed by atoms with Gasteiger partial charge in [-0.2, -0.15) is 0 Å². The minimum absolute atomic E-state index is 0.267. The average Bonchev–Trinajstić information content (AvgIpc) is 2.42. The van der Waals surface area contributed by atoms with Crippen molar-refractivity contribution >= 4 is 40.6 Å². The summed E-state index contributed by atoms with van der Waals surface area (Å²) in [6.07, 6.45) is 1.52. The summed E-state index contributed by atoms with van der Waals surface area (Å²) in [5.41, 5.74) is 3.00. The number of nitrogens with one attached hydrogen (secondary N) is 2. The van der Waals surface area contributed by atoms with Gasteiger partial charge in [-0.3, -0.25) is 4.79 Å². The fourth-order valence-electron chi connectivity index (χ4n) is 1.50. The van der Waals surface area contributed by atoms with Crippen molar-refractivity contribution in [1.82, 2.24) is 4.98 Å². The first-order valence-electron chi connectivity index (χ1n) is 5.30. The largest absolute Gasteiger partial charge is 0.319 e. The van der Waals surface area contributed by atoms with Crippen LogP contribution in [0.25, 0.3) is 0 Å². The van der Waals surface area contributed by atoms with Crippen molar-refractivity contribution in [2.75, 3.05) is 10.7 Å². The third-order valence-electron chi connectivity index (χ3n) is 2.39. The van der Waals surface area contributed by atoms with Crippen molar-refractivity contribution in [1.29, 1.82) is 0 Å². The number of nitrogens with zero attached hydrogens (tertiary/aromatic N) is 1. The topological polar surface area (TPSA) is 80.0 Å². The predicted octanol–water partition coefficient (Wildman–Crippen LogP) is 2.93. The summed E-state index contributed by atoms with van der Waals surface area (Å²) in [4.78, 5) is 16.1. The lowest BCUT2D eigenvalue weighted by Crippen LogP contribution is -2.18. The minimum Gasteiger partial charge on any atom is -0.319 e. The molecule has 1 amide bonds. The molecule has 7 heteroatoms. The number of carbonyl (C=O) groups excluding carboxylic acids is 1. The molecule has 5 nitrogen and oxygen atoms in total. The van der Waals surface area contributed by atoms with Gasteiger partial charge >= 0.3 is 0 Å². The number of pyridine rings is 1. The van der Waals surface area contributed by atoms with E-state index in [1.54, 1.807) is 30.3 Å². The van der Waals surface area contributed by atoms with Gasteiger partial charge < -0.3 is 10.7 Å². The van der Waals surface area contributed by atoms with E-state index in [4.69, 9.17) is 29.0 Å². The van der Waals surface area contributed by atoms with Gasteiger partial charge in [0.2, 0.25) is 0 Å². The lowest BCUT2D eigenvalue weighted by molar-refractivity contribution is 0.102. The van der Waals surface area contributed by atoms with E-state index in [1.165, 1.54) is 6.20 Å². The highest BCUT2D eigenvalue weighted by Crippen LogP contribution is 2.30. The van der Waals surface area contributed by atoms with E-state index in [0.29, 0.717) is 21.3 Å². The molecule has 19 heavy (non-hydrogen) atoms. The van der Waals surface area contributed by atoms with Crippen molar-refractivity contribution < 1.29 is 4.79 Å². The first-order chi connectivity index (χ1) is 9.13. The van der Waals surface area contributed by atoms with Gasteiger partial charge in [0.05, 0.1) is 21.3 Å². The summed E-state index contributed by atoms with van der Waals surface area (Å²) in [6, 6.07) is 8.17. The number of para-hydroxylation sites is 1. The van der Waals surface area contributed by atoms with Crippen LogP contribution in [0.1, 0.15) is 10.4 Å². The van der Waals surface area contributed by atoms with Gasteiger partial charge in [-0.25, -0.2) is 10.8 Å². The van der Waals surface area contributed by atoms with Gasteiger partial charge in [0, 0.05) is 6.20 Å². The molecule has 2 aromatic rings. The summed E-state index contributed by atoms with van der Waals surface area (Å²) >= 11 is 12.0. The number of benzene rings is 1. The van der Waals surface area contributed by atoms with Crippen LogP contribution in [-0.2, 0) is 0 Å². The van der Waals surface area contributed by atoms with Crippen LogP contribution in [0.5, 0.6) is 0 Å². The number of nitrogen functional groups attached to an aromatic ring is 1. The molecule has 0 radical (unpaired) electrons. The Bertz CT molecular complexity index is 598. The second-order valence-electron chi connectivity index (χ2n) is 3.59. The second-order valence-corrected chi connectivity index (χ2v) is 4.41. The molecule has 0 atom stereocenters. The quantitative estimate of drug-likeness (QED) is 0.601. The lowest BCUT2D eigenvalue weighted by atomic mass is 10.2. The summed E-state index contributed by atoms with van der Waals surface area (Å²) in [7, 11) is 0. The molecule has 0 bridgehead atoms. The maximum atomic E-state index is 12.1. The summed E-state index contributed by atoms with van der Waals surface area (Å²) in [5, 5.41) is 3.34. The number of halogens is 2. The van der Waals surface area contributed by atoms with Crippen LogP contribution >= 0.6 is 23.2 Å². The minimum atomic E-state index is -0.406. The molecule has 0 aliphatic carbocycles. The van der Waals surface area contributed by atoms with Crippen LogP contribution in [0, 0.1) is 0 Å². The van der Waals surface area contributed by atoms with Crippen molar-refractivity contribution in [3.63, 3.8) is 0 Å². The summed E-state index contributed by atoms with van der Waals surface area (Å²) in [5.74, 6) is 5.16. The third kappa shape index (κ3) is 2.96. The number of rotatable bonds is 3. The second kappa shape index (κ2) is 5.88. The molecule has 0 aliphatic heterocycles. The van der Waals surface area contributed by atoms with Crippen LogP contribution in [-0.4, -0.2) is 10.9 Å². The Hall–Kier alpha value is -1.82. The van der Waals surface area contributed by atoms with Crippen LogP contribution in [0.2, 0.25) is 10.0 Å². The van der Waals surface area contributed by atoms with Crippen LogP contribution in [0.3, 0.4) is 0 Å². The van der Waals surface area contributed by atoms with Crippen molar-refractivity contribution in [2.45, 2.75) is 0 Å². The Morgan fingerprint density at radius 2 is 1.84 bits per heavy atom. The molecule has 1 aromatic heterocycles. The predicted molar refractivity (Wildman–Crippen MR) is 76.5 cm³/mol.